The van der Waals surface area contributed by atoms with Crippen LogP contribution in [0.15, 0.2) is 41.3 Å². The summed E-state index contributed by atoms with van der Waals surface area (Å²) in [7, 11) is 0. The maximum absolute atomic E-state index is 11.6. The van der Waals surface area contributed by atoms with Gasteiger partial charge < -0.3 is 0 Å². The van der Waals surface area contributed by atoms with Crippen LogP contribution in [0.2, 0.25) is 0 Å². The Balaban J connectivity index is 1.95. The van der Waals surface area contributed by atoms with Crippen molar-refractivity contribution in [3.05, 3.63) is 42.0 Å². The van der Waals surface area contributed by atoms with Crippen molar-refractivity contribution in [3.8, 4) is 0 Å². The maximum atomic E-state index is 11.6. The molecule has 6 nitrogen and oxygen atoms in total. The lowest BCUT2D eigenvalue weighted by Crippen LogP contribution is -2.30. The minimum atomic E-state index is -1.91. The zero-order valence-electron chi connectivity index (χ0n) is 9.36. The molecule has 0 bridgehead atoms. The van der Waals surface area contributed by atoms with E-state index in [1.165, 1.54) is 0 Å². The Bertz CT molecular complexity index is 519. The monoisotopic (exact) mass is 267 g/mol. The molecule has 0 aliphatic carbocycles. The average molecular weight is 267 g/mol. The Morgan fingerprint density at radius 2 is 1.61 bits per heavy atom. The van der Waals surface area contributed by atoms with E-state index in [0.717, 1.165) is 17.7 Å². The zero-order chi connectivity index (χ0) is 13.1. The topological polar surface area (TPSA) is 72.9 Å². The molecule has 0 fully saturated rings. The molecule has 94 valence electrons. The summed E-state index contributed by atoms with van der Waals surface area (Å²) >= 11 is -1.91. The SMILES string of the molecule is Cc1ccc(S(=O)OON2C(=O)C=CC2=O)cc1. The first-order valence-electron chi connectivity index (χ1n) is 4.97. The molecule has 7 heteroatoms. The fourth-order valence-corrected chi connectivity index (χ4v) is 1.76. The second kappa shape index (κ2) is 5.21. The quantitative estimate of drug-likeness (QED) is 0.458. The molecule has 0 radical (unpaired) electrons. The van der Waals surface area contributed by atoms with Gasteiger partial charge in [-0.3, -0.25) is 9.59 Å². The summed E-state index contributed by atoms with van der Waals surface area (Å²) in [6.45, 7) is 1.89. The zero-order valence-corrected chi connectivity index (χ0v) is 10.2. The van der Waals surface area contributed by atoms with Crippen molar-refractivity contribution in [2.24, 2.45) is 0 Å². The number of hydrogen-bond donors (Lipinski definition) is 0. The van der Waals surface area contributed by atoms with E-state index in [4.69, 9.17) is 0 Å². The number of hydrogen-bond acceptors (Lipinski definition) is 5. The molecule has 1 aliphatic heterocycles. The highest BCUT2D eigenvalue weighted by Crippen LogP contribution is 2.12. The van der Waals surface area contributed by atoms with Gasteiger partial charge in [-0.2, -0.15) is 0 Å². The number of aryl methyl sites for hydroxylation is 1. The molecule has 1 aliphatic rings. The molecule has 1 heterocycles. The molecular formula is C11H9NO5S. The summed E-state index contributed by atoms with van der Waals surface area (Å²) in [4.78, 5) is 27.0. The molecule has 0 saturated heterocycles. The second-order valence-corrected chi connectivity index (χ2v) is 4.57. The normalized spacial score (nSPS) is 16.4. The molecule has 1 aromatic carbocycles. The van der Waals surface area contributed by atoms with Gasteiger partial charge in [0.2, 0.25) is 11.1 Å². The van der Waals surface area contributed by atoms with Gasteiger partial charge in [0.25, 0.3) is 11.8 Å². The van der Waals surface area contributed by atoms with Crippen LogP contribution in [-0.2, 0) is 30.0 Å². The summed E-state index contributed by atoms with van der Waals surface area (Å²) in [6.07, 6.45) is 2.06. The number of amides is 2. The third kappa shape index (κ3) is 2.70. The molecule has 1 atom stereocenters. The Morgan fingerprint density at radius 3 is 2.17 bits per heavy atom. The summed E-state index contributed by atoms with van der Waals surface area (Å²) in [6, 6.07) is 6.70. The van der Waals surface area contributed by atoms with Crippen molar-refractivity contribution in [1.82, 2.24) is 5.06 Å². The Labute approximate surface area is 105 Å². The van der Waals surface area contributed by atoms with Crippen LogP contribution in [-0.4, -0.2) is 21.1 Å². The molecule has 2 rings (SSSR count). The van der Waals surface area contributed by atoms with E-state index < -0.39 is 22.9 Å². The number of benzene rings is 1. The number of nitrogens with zero attached hydrogens (tertiary/aromatic N) is 1. The summed E-state index contributed by atoms with van der Waals surface area (Å²) in [5.74, 6) is -1.36. The maximum Gasteiger partial charge on any atom is 0.280 e. The lowest BCUT2D eigenvalue weighted by Gasteiger charge is -2.10. The third-order valence-electron chi connectivity index (χ3n) is 2.15. The highest BCUT2D eigenvalue weighted by molar-refractivity contribution is 7.80. The molecule has 2 amide bonds. The van der Waals surface area contributed by atoms with Gasteiger partial charge in [-0.15, -0.1) is 9.40 Å². The molecule has 18 heavy (non-hydrogen) atoms. The Hall–Kier alpha value is -1.83. The van der Waals surface area contributed by atoms with Crippen LogP contribution in [0, 0.1) is 6.92 Å². The molecule has 0 N–H and O–H groups in total. The predicted molar refractivity (Wildman–Crippen MR) is 60.8 cm³/mol. The van der Waals surface area contributed by atoms with Gasteiger partial charge in [0.15, 0.2) is 0 Å². The number of imide groups is 1. The highest BCUT2D eigenvalue weighted by Gasteiger charge is 2.26. The lowest BCUT2D eigenvalue weighted by atomic mass is 10.2. The number of rotatable bonds is 4. The lowest BCUT2D eigenvalue weighted by molar-refractivity contribution is -0.326. The predicted octanol–water partition coefficient (Wildman–Crippen LogP) is 0.806. The van der Waals surface area contributed by atoms with E-state index in [9.17, 15) is 13.8 Å². The Kier molecular flexibility index (Phi) is 3.66. The molecule has 0 saturated carbocycles. The van der Waals surface area contributed by atoms with Crippen LogP contribution >= 0.6 is 0 Å². The molecule has 0 spiro atoms. The van der Waals surface area contributed by atoms with E-state index >= 15 is 0 Å². The first kappa shape index (κ1) is 12.6. The van der Waals surface area contributed by atoms with Crippen LogP contribution < -0.4 is 0 Å². The van der Waals surface area contributed by atoms with Gasteiger partial charge in [0, 0.05) is 12.2 Å². The first-order valence-corrected chi connectivity index (χ1v) is 6.05. The minimum Gasteiger partial charge on any atom is -0.267 e. The van der Waals surface area contributed by atoms with Gasteiger partial charge in [-0.05, 0) is 19.1 Å². The molecule has 1 aromatic rings. The van der Waals surface area contributed by atoms with Crippen molar-refractivity contribution < 1.29 is 23.1 Å². The van der Waals surface area contributed by atoms with Crippen molar-refractivity contribution in [2.45, 2.75) is 11.8 Å². The van der Waals surface area contributed by atoms with Crippen LogP contribution in [0.4, 0.5) is 0 Å². The highest BCUT2D eigenvalue weighted by atomic mass is 32.2. The van der Waals surface area contributed by atoms with Crippen molar-refractivity contribution >= 4 is 22.9 Å². The Morgan fingerprint density at radius 1 is 1.06 bits per heavy atom. The number of hydroxylamine groups is 2. The number of carbonyl (C=O) groups is 2. The van der Waals surface area contributed by atoms with Crippen molar-refractivity contribution in [1.29, 1.82) is 0 Å². The summed E-state index contributed by atoms with van der Waals surface area (Å²) in [5, 5.41) is 0.381. The van der Waals surface area contributed by atoms with E-state index in [1.54, 1.807) is 24.3 Å². The van der Waals surface area contributed by atoms with E-state index in [-0.39, 0.29) is 0 Å². The van der Waals surface area contributed by atoms with Gasteiger partial charge in [-0.25, -0.2) is 4.21 Å². The van der Waals surface area contributed by atoms with Gasteiger partial charge >= 0.3 is 0 Å². The smallest absolute Gasteiger partial charge is 0.267 e. The average Bonchev–Trinajstić information content (AvgIpc) is 2.67. The van der Waals surface area contributed by atoms with Gasteiger partial charge in [-0.1, -0.05) is 22.7 Å². The molecule has 0 aromatic heterocycles. The van der Waals surface area contributed by atoms with Gasteiger partial charge in [0.05, 0.1) is 4.90 Å². The van der Waals surface area contributed by atoms with E-state index in [1.807, 2.05) is 6.92 Å². The second-order valence-electron chi connectivity index (χ2n) is 3.49. The van der Waals surface area contributed by atoms with Crippen LogP contribution in [0.5, 0.6) is 0 Å². The first-order chi connectivity index (χ1) is 8.58. The van der Waals surface area contributed by atoms with Gasteiger partial charge in [0.1, 0.15) is 0 Å². The standard InChI is InChI=1S/C11H9NO5S/c1-8-2-4-9(5-3-8)18(15)17-16-12-10(13)6-7-11(12)14/h2-7H,1H3. The van der Waals surface area contributed by atoms with Crippen LogP contribution in [0.3, 0.4) is 0 Å². The third-order valence-corrected chi connectivity index (χ3v) is 2.99. The molecule has 1 unspecified atom stereocenters. The van der Waals surface area contributed by atoms with Crippen LogP contribution in [0.25, 0.3) is 0 Å². The van der Waals surface area contributed by atoms with E-state index in [2.05, 4.69) is 9.32 Å². The van der Waals surface area contributed by atoms with Crippen molar-refractivity contribution in [2.75, 3.05) is 0 Å². The van der Waals surface area contributed by atoms with E-state index in [0.29, 0.717) is 9.96 Å². The fraction of sp³-hybridized carbons (Fsp3) is 0.0909. The summed E-state index contributed by atoms with van der Waals surface area (Å²) in [5.41, 5.74) is 1.01. The van der Waals surface area contributed by atoms with Crippen LogP contribution in [0.1, 0.15) is 5.56 Å². The largest absolute Gasteiger partial charge is 0.280 e. The molecular weight excluding hydrogens is 258 g/mol. The fourth-order valence-electron chi connectivity index (χ4n) is 1.21. The van der Waals surface area contributed by atoms with Crippen molar-refractivity contribution in [3.63, 3.8) is 0 Å². The number of carbonyl (C=O) groups excluding carboxylic acids is 2. The summed E-state index contributed by atoms with van der Waals surface area (Å²) < 4.78 is 16.1. The minimum absolute atomic E-state index is 0.368.